The molecule has 1 aliphatic rings. The number of nitrogens with zero attached hydrogens (tertiary/aromatic N) is 1. The maximum Gasteiger partial charge on any atom is 0.269 e. The number of nitro benzene ring substituents is 1. The number of hydrogen-bond acceptors (Lipinski definition) is 6. The van der Waals surface area contributed by atoms with E-state index in [1.807, 2.05) is 0 Å². The van der Waals surface area contributed by atoms with E-state index in [0.717, 1.165) is 37.1 Å². The van der Waals surface area contributed by atoms with E-state index in [2.05, 4.69) is 10.0 Å². The second kappa shape index (κ2) is 7.69. The fourth-order valence-electron chi connectivity index (χ4n) is 2.28. The normalized spacial score (nSPS) is 15.7. The Kier molecular flexibility index (Phi) is 5.86. The van der Waals surface area contributed by atoms with Gasteiger partial charge in [0.2, 0.25) is 15.9 Å². The first kappa shape index (κ1) is 18.3. The molecule has 1 amide bonds. The zero-order valence-electron chi connectivity index (χ0n) is 13.0. The molecule has 1 atom stereocenters. The Morgan fingerprint density at radius 1 is 1.33 bits per heavy atom. The van der Waals surface area contributed by atoms with Crippen LogP contribution < -0.4 is 15.8 Å². The Bertz CT molecular complexity index is 700. The van der Waals surface area contributed by atoms with Gasteiger partial charge in [-0.15, -0.1) is 0 Å². The molecule has 0 aromatic heterocycles. The smallest absolute Gasteiger partial charge is 0.269 e. The number of benzene rings is 1. The van der Waals surface area contributed by atoms with Crippen molar-refractivity contribution in [3.05, 3.63) is 34.4 Å². The summed E-state index contributed by atoms with van der Waals surface area (Å²) in [6.45, 7) is 0.304. The average molecular weight is 356 g/mol. The predicted molar refractivity (Wildman–Crippen MR) is 86.6 cm³/mol. The van der Waals surface area contributed by atoms with Crippen LogP contribution in [0.3, 0.4) is 0 Å². The van der Waals surface area contributed by atoms with Crippen LogP contribution in [0.4, 0.5) is 5.69 Å². The summed E-state index contributed by atoms with van der Waals surface area (Å²) in [7, 11) is -3.81. The van der Waals surface area contributed by atoms with Crippen molar-refractivity contribution >= 4 is 21.6 Å². The molecular weight excluding hydrogens is 336 g/mol. The van der Waals surface area contributed by atoms with Crippen molar-refractivity contribution in [3.8, 4) is 0 Å². The molecule has 1 aromatic carbocycles. The summed E-state index contributed by atoms with van der Waals surface area (Å²) in [6.07, 6.45) is 2.10. The number of nitrogens with two attached hydrogens (primary N) is 1. The molecule has 4 N–H and O–H groups in total. The molecular formula is C14H20N4O5S. The summed E-state index contributed by atoms with van der Waals surface area (Å²) >= 11 is 0. The molecule has 0 radical (unpaired) electrons. The number of sulfonamides is 1. The standard InChI is InChI=1S/C14H20N4O5S/c15-9-13(10-1-2-10)17-14(19)7-8-16-24(22,23)12-5-3-11(4-6-12)18(20)21/h3-6,10,13,16H,1-2,7-9,15H2,(H,17,19). The lowest BCUT2D eigenvalue weighted by atomic mass is 10.2. The van der Waals surface area contributed by atoms with E-state index in [1.165, 1.54) is 0 Å². The highest BCUT2D eigenvalue weighted by Crippen LogP contribution is 2.32. The largest absolute Gasteiger partial charge is 0.352 e. The first-order valence-corrected chi connectivity index (χ1v) is 9.05. The van der Waals surface area contributed by atoms with Crippen LogP contribution in [0.1, 0.15) is 19.3 Å². The van der Waals surface area contributed by atoms with Crippen LogP contribution in [0.15, 0.2) is 29.2 Å². The third-order valence-electron chi connectivity index (χ3n) is 3.79. The van der Waals surface area contributed by atoms with Gasteiger partial charge in [-0.2, -0.15) is 0 Å². The van der Waals surface area contributed by atoms with Crippen LogP contribution >= 0.6 is 0 Å². The minimum atomic E-state index is -3.81. The van der Waals surface area contributed by atoms with Crippen molar-refractivity contribution in [1.29, 1.82) is 0 Å². The lowest BCUT2D eigenvalue weighted by molar-refractivity contribution is -0.384. The van der Waals surface area contributed by atoms with Crippen molar-refractivity contribution in [1.82, 2.24) is 10.0 Å². The van der Waals surface area contributed by atoms with Gasteiger partial charge in [0.05, 0.1) is 9.82 Å². The van der Waals surface area contributed by atoms with Crippen molar-refractivity contribution in [2.24, 2.45) is 11.7 Å². The number of non-ortho nitro benzene ring substituents is 1. The van der Waals surface area contributed by atoms with Gasteiger partial charge >= 0.3 is 0 Å². The molecule has 1 unspecified atom stereocenters. The van der Waals surface area contributed by atoms with E-state index in [-0.39, 0.29) is 35.5 Å². The number of carbonyl (C=O) groups excluding carboxylic acids is 1. The highest BCUT2D eigenvalue weighted by Gasteiger charge is 2.31. The quantitative estimate of drug-likeness (QED) is 0.423. The molecule has 9 nitrogen and oxygen atoms in total. The highest BCUT2D eigenvalue weighted by atomic mass is 32.2. The molecule has 1 aromatic rings. The van der Waals surface area contributed by atoms with Gasteiger partial charge in [0, 0.05) is 37.7 Å². The average Bonchev–Trinajstić information content (AvgIpc) is 3.37. The summed E-state index contributed by atoms with van der Waals surface area (Å²) in [5, 5.41) is 13.4. The lowest BCUT2D eigenvalue weighted by Crippen LogP contribution is -2.42. The molecule has 1 aliphatic carbocycles. The van der Waals surface area contributed by atoms with E-state index >= 15 is 0 Å². The topological polar surface area (TPSA) is 144 Å². The Hall–Kier alpha value is -2.04. The van der Waals surface area contributed by atoms with Gasteiger partial charge in [0.1, 0.15) is 0 Å². The fourth-order valence-corrected chi connectivity index (χ4v) is 3.31. The zero-order valence-corrected chi connectivity index (χ0v) is 13.8. The molecule has 10 heteroatoms. The van der Waals surface area contributed by atoms with Crippen molar-refractivity contribution in [2.45, 2.75) is 30.2 Å². The monoisotopic (exact) mass is 356 g/mol. The van der Waals surface area contributed by atoms with E-state index in [4.69, 9.17) is 5.73 Å². The molecule has 1 fully saturated rings. The van der Waals surface area contributed by atoms with Crippen LogP contribution in [0.25, 0.3) is 0 Å². The number of nitro groups is 1. The molecule has 0 saturated heterocycles. The van der Waals surface area contributed by atoms with Gasteiger partial charge in [-0.05, 0) is 30.9 Å². The third-order valence-corrected chi connectivity index (χ3v) is 5.27. The number of carbonyl (C=O) groups is 1. The Balaban J connectivity index is 1.83. The maximum absolute atomic E-state index is 12.1. The van der Waals surface area contributed by atoms with Gasteiger partial charge in [-0.25, -0.2) is 13.1 Å². The van der Waals surface area contributed by atoms with Crippen molar-refractivity contribution in [3.63, 3.8) is 0 Å². The molecule has 24 heavy (non-hydrogen) atoms. The van der Waals surface area contributed by atoms with Gasteiger partial charge in [-0.3, -0.25) is 14.9 Å². The number of rotatable bonds is 9. The number of nitrogens with one attached hydrogen (secondary N) is 2. The minimum absolute atomic E-state index is 0.00453. The summed E-state index contributed by atoms with van der Waals surface area (Å²) < 4.78 is 26.4. The van der Waals surface area contributed by atoms with Crippen LogP contribution in [-0.4, -0.2) is 38.4 Å². The van der Waals surface area contributed by atoms with Crippen LogP contribution in [0, 0.1) is 16.0 Å². The van der Waals surface area contributed by atoms with E-state index in [9.17, 15) is 23.3 Å². The van der Waals surface area contributed by atoms with Crippen LogP contribution in [0.2, 0.25) is 0 Å². The van der Waals surface area contributed by atoms with Crippen molar-refractivity contribution < 1.29 is 18.1 Å². The SMILES string of the molecule is NCC(NC(=O)CCNS(=O)(=O)c1ccc([N+](=O)[O-])cc1)C1CC1. The third kappa shape index (κ3) is 4.98. The molecule has 0 heterocycles. The lowest BCUT2D eigenvalue weighted by Gasteiger charge is -2.16. The summed E-state index contributed by atoms with van der Waals surface area (Å²) in [5.41, 5.74) is 5.40. The first-order chi connectivity index (χ1) is 11.3. The highest BCUT2D eigenvalue weighted by molar-refractivity contribution is 7.89. The summed E-state index contributed by atoms with van der Waals surface area (Å²) in [5.74, 6) is 0.166. The van der Waals surface area contributed by atoms with Crippen molar-refractivity contribution in [2.75, 3.05) is 13.1 Å². The zero-order chi connectivity index (χ0) is 17.7. The van der Waals surface area contributed by atoms with E-state index < -0.39 is 14.9 Å². The Labute approximate surface area is 139 Å². The van der Waals surface area contributed by atoms with Crippen LogP contribution in [-0.2, 0) is 14.8 Å². The predicted octanol–water partition coefficient (Wildman–Crippen LogP) is 0.117. The molecule has 0 aliphatic heterocycles. The first-order valence-electron chi connectivity index (χ1n) is 7.57. The fraction of sp³-hybridized carbons (Fsp3) is 0.500. The Morgan fingerprint density at radius 2 is 1.96 bits per heavy atom. The van der Waals surface area contributed by atoms with Gasteiger partial charge in [0.15, 0.2) is 0 Å². The molecule has 0 bridgehead atoms. The summed E-state index contributed by atoms with van der Waals surface area (Å²) in [6, 6.07) is 4.48. The number of amides is 1. The molecule has 2 rings (SSSR count). The molecule has 0 spiro atoms. The minimum Gasteiger partial charge on any atom is -0.352 e. The second-order valence-electron chi connectivity index (χ2n) is 5.65. The number of hydrogen-bond donors (Lipinski definition) is 3. The van der Waals surface area contributed by atoms with E-state index in [0.29, 0.717) is 12.5 Å². The van der Waals surface area contributed by atoms with Gasteiger partial charge in [-0.1, -0.05) is 0 Å². The van der Waals surface area contributed by atoms with E-state index in [1.54, 1.807) is 0 Å². The van der Waals surface area contributed by atoms with Gasteiger partial charge < -0.3 is 11.1 Å². The Morgan fingerprint density at radius 3 is 2.46 bits per heavy atom. The maximum atomic E-state index is 12.1. The second-order valence-corrected chi connectivity index (χ2v) is 7.41. The summed E-state index contributed by atoms with van der Waals surface area (Å²) in [4.78, 5) is 21.7. The van der Waals surface area contributed by atoms with Gasteiger partial charge in [0.25, 0.3) is 5.69 Å². The molecule has 132 valence electrons. The van der Waals surface area contributed by atoms with Crippen LogP contribution in [0.5, 0.6) is 0 Å². The molecule has 1 saturated carbocycles.